The summed E-state index contributed by atoms with van der Waals surface area (Å²) in [5, 5.41) is 16.6. The standard InChI is InChI=1S/C20H22N4O2/c1-14-3-5-15(6-4-14)18(25)13-22-19-11-12-21-20(24-19)23-16-7-9-17(26-2)10-8-16/h3-12,18,25H,13H2,1-2H3,(H2,21,22,23,24). The Labute approximate surface area is 152 Å². The molecule has 0 aliphatic heterocycles. The van der Waals surface area contributed by atoms with Crippen molar-refractivity contribution in [3.63, 3.8) is 0 Å². The van der Waals surface area contributed by atoms with Gasteiger partial charge in [0.1, 0.15) is 11.6 Å². The van der Waals surface area contributed by atoms with Crippen LogP contribution in [-0.2, 0) is 0 Å². The Morgan fingerprint density at radius 1 is 1.04 bits per heavy atom. The van der Waals surface area contributed by atoms with E-state index in [0.717, 1.165) is 17.0 Å². The zero-order valence-corrected chi connectivity index (χ0v) is 14.8. The molecule has 0 radical (unpaired) electrons. The molecular formula is C20H22N4O2. The van der Waals surface area contributed by atoms with E-state index in [0.29, 0.717) is 18.3 Å². The summed E-state index contributed by atoms with van der Waals surface area (Å²) in [5.74, 6) is 1.91. The maximum Gasteiger partial charge on any atom is 0.229 e. The fourth-order valence-corrected chi connectivity index (χ4v) is 2.43. The van der Waals surface area contributed by atoms with Crippen molar-refractivity contribution in [3.05, 3.63) is 71.9 Å². The number of aliphatic hydroxyl groups excluding tert-OH is 1. The van der Waals surface area contributed by atoms with Crippen LogP contribution in [0, 0.1) is 6.92 Å². The van der Waals surface area contributed by atoms with Crippen LogP contribution in [-0.4, -0.2) is 28.7 Å². The van der Waals surface area contributed by atoms with Crippen molar-refractivity contribution >= 4 is 17.5 Å². The fraction of sp³-hybridized carbons (Fsp3) is 0.200. The molecule has 0 amide bonds. The van der Waals surface area contributed by atoms with Gasteiger partial charge in [0.2, 0.25) is 5.95 Å². The lowest BCUT2D eigenvalue weighted by atomic mass is 10.1. The maximum absolute atomic E-state index is 10.3. The number of nitrogens with zero attached hydrogens (tertiary/aromatic N) is 2. The highest BCUT2D eigenvalue weighted by atomic mass is 16.5. The number of aryl methyl sites for hydroxylation is 1. The van der Waals surface area contributed by atoms with Crippen LogP contribution in [0.4, 0.5) is 17.5 Å². The lowest BCUT2D eigenvalue weighted by Crippen LogP contribution is -2.13. The van der Waals surface area contributed by atoms with Crippen molar-refractivity contribution in [1.29, 1.82) is 0 Å². The summed E-state index contributed by atoms with van der Waals surface area (Å²) < 4.78 is 5.14. The number of hydrogen-bond acceptors (Lipinski definition) is 6. The van der Waals surface area contributed by atoms with Gasteiger partial charge in [0.05, 0.1) is 13.2 Å². The van der Waals surface area contributed by atoms with Gasteiger partial charge < -0.3 is 20.5 Å². The Kier molecular flexibility index (Phi) is 5.66. The van der Waals surface area contributed by atoms with Gasteiger partial charge in [-0.3, -0.25) is 0 Å². The molecule has 0 aliphatic rings. The molecule has 134 valence electrons. The topological polar surface area (TPSA) is 79.3 Å². The third-order valence-electron chi connectivity index (χ3n) is 3.94. The Morgan fingerprint density at radius 2 is 1.77 bits per heavy atom. The molecule has 1 aromatic heterocycles. The quantitative estimate of drug-likeness (QED) is 0.603. The number of anilines is 3. The van der Waals surface area contributed by atoms with Crippen LogP contribution in [0.25, 0.3) is 0 Å². The van der Waals surface area contributed by atoms with Crippen LogP contribution >= 0.6 is 0 Å². The average Bonchev–Trinajstić information content (AvgIpc) is 2.67. The largest absolute Gasteiger partial charge is 0.497 e. The molecule has 3 N–H and O–H groups in total. The van der Waals surface area contributed by atoms with Gasteiger partial charge in [-0.15, -0.1) is 0 Å². The van der Waals surface area contributed by atoms with Crippen molar-refractivity contribution in [2.24, 2.45) is 0 Å². The van der Waals surface area contributed by atoms with Gasteiger partial charge in [-0.1, -0.05) is 29.8 Å². The van der Waals surface area contributed by atoms with Crippen molar-refractivity contribution in [2.45, 2.75) is 13.0 Å². The third kappa shape index (κ3) is 4.70. The van der Waals surface area contributed by atoms with Crippen LogP contribution in [0.3, 0.4) is 0 Å². The first kappa shape index (κ1) is 17.7. The molecule has 1 heterocycles. The predicted molar refractivity (Wildman–Crippen MR) is 103 cm³/mol. The smallest absolute Gasteiger partial charge is 0.229 e. The molecule has 0 saturated carbocycles. The van der Waals surface area contributed by atoms with Crippen molar-refractivity contribution < 1.29 is 9.84 Å². The van der Waals surface area contributed by atoms with E-state index in [1.807, 2.05) is 55.5 Å². The third-order valence-corrected chi connectivity index (χ3v) is 3.94. The second-order valence-electron chi connectivity index (χ2n) is 5.93. The lowest BCUT2D eigenvalue weighted by Gasteiger charge is -2.13. The molecule has 6 heteroatoms. The Balaban J connectivity index is 1.60. The number of rotatable bonds is 7. The first-order valence-electron chi connectivity index (χ1n) is 8.36. The molecule has 1 atom stereocenters. The molecule has 2 aromatic carbocycles. The highest BCUT2D eigenvalue weighted by molar-refractivity contribution is 5.55. The number of aliphatic hydroxyl groups is 1. The first-order chi connectivity index (χ1) is 12.6. The normalized spacial score (nSPS) is 11.7. The molecule has 0 spiro atoms. The molecule has 0 fully saturated rings. The van der Waals surface area contributed by atoms with Crippen molar-refractivity contribution in [2.75, 3.05) is 24.3 Å². The van der Waals surface area contributed by atoms with Gasteiger partial charge in [0.25, 0.3) is 0 Å². The Hall–Kier alpha value is -3.12. The monoisotopic (exact) mass is 350 g/mol. The Morgan fingerprint density at radius 3 is 2.46 bits per heavy atom. The van der Waals surface area contributed by atoms with E-state index in [-0.39, 0.29) is 0 Å². The molecule has 3 rings (SSSR count). The van der Waals surface area contributed by atoms with E-state index in [9.17, 15) is 5.11 Å². The molecule has 6 nitrogen and oxygen atoms in total. The summed E-state index contributed by atoms with van der Waals surface area (Å²) >= 11 is 0. The molecule has 0 aliphatic carbocycles. The highest BCUT2D eigenvalue weighted by Crippen LogP contribution is 2.19. The number of ether oxygens (including phenoxy) is 1. The molecule has 1 unspecified atom stereocenters. The summed E-state index contributed by atoms with van der Waals surface area (Å²) in [6, 6.07) is 17.1. The van der Waals surface area contributed by atoms with E-state index in [2.05, 4.69) is 20.6 Å². The van der Waals surface area contributed by atoms with Gasteiger partial charge >= 0.3 is 0 Å². The number of aromatic nitrogens is 2. The molecule has 0 saturated heterocycles. The number of hydrogen-bond donors (Lipinski definition) is 3. The number of methoxy groups -OCH3 is 1. The average molecular weight is 350 g/mol. The minimum atomic E-state index is -0.608. The van der Waals surface area contributed by atoms with Gasteiger partial charge in [-0.25, -0.2) is 4.98 Å². The highest BCUT2D eigenvalue weighted by Gasteiger charge is 2.08. The number of nitrogens with one attached hydrogen (secondary N) is 2. The summed E-state index contributed by atoms with van der Waals surface area (Å²) in [4.78, 5) is 8.63. The summed E-state index contributed by atoms with van der Waals surface area (Å²) in [5.41, 5.74) is 2.90. The SMILES string of the molecule is COc1ccc(Nc2nccc(NCC(O)c3ccc(C)cc3)n2)cc1. The van der Waals surface area contributed by atoms with E-state index in [1.54, 1.807) is 19.4 Å². The van der Waals surface area contributed by atoms with Crippen LogP contribution in [0.1, 0.15) is 17.2 Å². The van der Waals surface area contributed by atoms with Crippen LogP contribution in [0.5, 0.6) is 5.75 Å². The van der Waals surface area contributed by atoms with Gasteiger partial charge in [-0.2, -0.15) is 4.98 Å². The van der Waals surface area contributed by atoms with Crippen LogP contribution < -0.4 is 15.4 Å². The van der Waals surface area contributed by atoms with E-state index < -0.39 is 6.10 Å². The van der Waals surface area contributed by atoms with E-state index >= 15 is 0 Å². The Bertz CT molecular complexity index is 835. The van der Waals surface area contributed by atoms with Gasteiger partial charge in [0, 0.05) is 18.4 Å². The maximum atomic E-state index is 10.3. The molecular weight excluding hydrogens is 328 g/mol. The molecule has 0 bridgehead atoms. The number of benzene rings is 2. The zero-order chi connectivity index (χ0) is 18.4. The molecule has 3 aromatic rings. The van der Waals surface area contributed by atoms with Gasteiger partial charge in [0.15, 0.2) is 0 Å². The zero-order valence-electron chi connectivity index (χ0n) is 14.8. The fourth-order valence-electron chi connectivity index (χ4n) is 2.43. The van der Waals surface area contributed by atoms with Crippen LogP contribution in [0.2, 0.25) is 0 Å². The predicted octanol–water partition coefficient (Wildman–Crippen LogP) is 3.68. The van der Waals surface area contributed by atoms with E-state index in [1.165, 1.54) is 5.56 Å². The second-order valence-corrected chi connectivity index (χ2v) is 5.93. The minimum absolute atomic E-state index is 0.363. The van der Waals surface area contributed by atoms with E-state index in [4.69, 9.17) is 4.74 Å². The summed E-state index contributed by atoms with van der Waals surface area (Å²) in [6.45, 7) is 2.38. The molecule has 26 heavy (non-hydrogen) atoms. The van der Waals surface area contributed by atoms with Crippen molar-refractivity contribution in [3.8, 4) is 5.75 Å². The first-order valence-corrected chi connectivity index (χ1v) is 8.36. The summed E-state index contributed by atoms with van der Waals surface area (Å²) in [6.07, 6.45) is 1.06. The minimum Gasteiger partial charge on any atom is -0.497 e. The summed E-state index contributed by atoms with van der Waals surface area (Å²) in [7, 11) is 1.63. The second kappa shape index (κ2) is 8.31. The van der Waals surface area contributed by atoms with Crippen molar-refractivity contribution in [1.82, 2.24) is 9.97 Å². The lowest BCUT2D eigenvalue weighted by molar-refractivity contribution is 0.191. The van der Waals surface area contributed by atoms with Gasteiger partial charge in [-0.05, 0) is 42.8 Å². The van der Waals surface area contributed by atoms with Crippen LogP contribution in [0.15, 0.2) is 60.8 Å².